The molecular formula is C12H11N3. The Morgan fingerprint density at radius 3 is 2.73 bits per heavy atom. The molecule has 0 atom stereocenters. The maximum absolute atomic E-state index is 9.07. The number of rotatable bonds is 1. The third-order valence-electron chi connectivity index (χ3n) is 2.27. The van der Waals surface area contributed by atoms with Crippen LogP contribution in [0, 0.1) is 11.3 Å². The Hall–Kier alpha value is -2.08. The van der Waals surface area contributed by atoms with Gasteiger partial charge in [0.05, 0.1) is 11.0 Å². The summed E-state index contributed by atoms with van der Waals surface area (Å²) in [6, 6.07) is 9.98. The number of benzene rings is 1. The lowest BCUT2D eigenvalue weighted by molar-refractivity contribution is 1.11. The quantitative estimate of drug-likeness (QED) is 0.659. The van der Waals surface area contributed by atoms with Crippen LogP contribution in [0.5, 0.6) is 0 Å². The minimum atomic E-state index is 0.642. The summed E-state index contributed by atoms with van der Waals surface area (Å²) >= 11 is 0. The molecule has 1 heterocycles. The molecule has 0 spiro atoms. The summed E-state index contributed by atoms with van der Waals surface area (Å²) in [5.74, 6) is 0. The number of fused-ring (bicyclic) bond motifs is 1. The molecule has 3 nitrogen and oxygen atoms in total. The molecule has 0 fully saturated rings. The summed E-state index contributed by atoms with van der Waals surface area (Å²) in [7, 11) is 0. The number of nitriles is 1. The van der Waals surface area contributed by atoms with E-state index in [1.54, 1.807) is 6.33 Å². The van der Waals surface area contributed by atoms with E-state index in [9.17, 15) is 0 Å². The Balaban J connectivity index is 2.74. The number of nitrogens with zero attached hydrogens (tertiary/aromatic N) is 3. The summed E-state index contributed by atoms with van der Waals surface area (Å²) in [6.45, 7) is 3.85. The van der Waals surface area contributed by atoms with Gasteiger partial charge in [-0.1, -0.05) is 12.1 Å². The zero-order valence-electron chi connectivity index (χ0n) is 8.73. The molecule has 0 aliphatic carbocycles. The zero-order chi connectivity index (χ0) is 10.8. The van der Waals surface area contributed by atoms with Gasteiger partial charge in [0, 0.05) is 0 Å². The summed E-state index contributed by atoms with van der Waals surface area (Å²) in [5, 5.41) is 9.07. The van der Waals surface area contributed by atoms with Crippen molar-refractivity contribution in [2.24, 2.45) is 0 Å². The number of hydrogen-bond donors (Lipinski definition) is 0. The summed E-state index contributed by atoms with van der Waals surface area (Å²) in [5.41, 5.74) is 3.51. The first-order chi connectivity index (χ1) is 7.24. The van der Waals surface area contributed by atoms with Gasteiger partial charge in [0.1, 0.15) is 18.1 Å². The van der Waals surface area contributed by atoms with Crippen molar-refractivity contribution >= 4 is 16.7 Å². The number of aromatic nitrogens is 2. The Morgan fingerprint density at radius 2 is 2.07 bits per heavy atom. The number of hydrogen-bond acceptors (Lipinski definition) is 2. The molecule has 0 N–H and O–H groups in total. The smallest absolute Gasteiger partial charge is 0.124 e. The molecule has 1 aromatic carbocycles. The molecule has 0 bridgehead atoms. The normalized spacial score (nSPS) is 9.93. The SMILES string of the molecule is CC(C)=C(C#N)n1cnc2ccccc21. The predicted octanol–water partition coefficient (Wildman–Crippen LogP) is 2.81. The standard InChI is InChI=1S/C12H11N3/c1-9(2)12(7-13)15-8-14-10-5-3-4-6-11(10)15/h3-6,8H,1-2H3. The monoisotopic (exact) mass is 197 g/mol. The number of allylic oxidation sites excluding steroid dienone is 2. The van der Waals surface area contributed by atoms with Crippen molar-refractivity contribution in [1.29, 1.82) is 5.26 Å². The van der Waals surface area contributed by atoms with Crippen LogP contribution in [-0.2, 0) is 0 Å². The fourth-order valence-corrected chi connectivity index (χ4v) is 1.54. The van der Waals surface area contributed by atoms with E-state index in [1.807, 2.05) is 42.7 Å². The molecule has 3 heteroatoms. The highest BCUT2D eigenvalue weighted by Crippen LogP contribution is 2.18. The average Bonchev–Trinajstić information content (AvgIpc) is 2.63. The van der Waals surface area contributed by atoms with Crippen LogP contribution >= 0.6 is 0 Å². The second kappa shape index (κ2) is 3.58. The van der Waals surface area contributed by atoms with Gasteiger partial charge in [-0.25, -0.2) is 4.98 Å². The van der Waals surface area contributed by atoms with E-state index >= 15 is 0 Å². The fourth-order valence-electron chi connectivity index (χ4n) is 1.54. The lowest BCUT2D eigenvalue weighted by Gasteiger charge is -2.03. The molecule has 2 rings (SSSR count). The lowest BCUT2D eigenvalue weighted by atomic mass is 10.2. The van der Waals surface area contributed by atoms with Gasteiger partial charge in [0.25, 0.3) is 0 Å². The molecule has 74 valence electrons. The van der Waals surface area contributed by atoms with Crippen molar-refractivity contribution in [2.75, 3.05) is 0 Å². The van der Waals surface area contributed by atoms with Crippen molar-refractivity contribution in [1.82, 2.24) is 9.55 Å². The first kappa shape index (κ1) is 9.47. The third-order valence-corrected chi connectivity index (χ3v) is 2.27. The second-order valence-corrected chi connectivity index (χ2v) is 3.56. The zero-order valence-corrected chi connectivity index (χ0v) is 8.73. The van der Waals surface area contributed by atoms with Crippen LogP contribution in [0.4, 0.5) is 0 Å². The largest absolute Gasteiger partial charge is 0.290 e. The molecule has 2 aromatic rings. The second-order valence-electron chi connectivity index (χ2n) is 3.56. The Labute approximate surface area is 88.3 Å². The van der Waals surface area contributed by atoms with Crippen LogP contribution in [0.2, 0.25) is 0 Å². The predicted molar refractivity (Wildman–Crippen MR) is 59.9 cm³/mol. The van der Waals surface area contributed by atoms with Crippen molar-refractivity contribution < 1.29 is 0 Å². The van der Waals surface area contributed by atoms with E-state index in [0.29, 0.717) is 5.70 Å². The van der Waals surface area contributed by atoms with Gasteiger partial charge in [0.15, 0.2) is 0 Å². The highest BCUT2D eigenvalue weighted by atomic mass is 15.1. The van der Waals surface area contributed by atoms with E-state index in [4.69, 9.17) is 5.26 Å². The minimum absolute atomic E-state index is 0.642. The molecule has 0 aliphatic rings. The van der Waals surface area contributed by atoms with E-state index in [0.717, 1.165) is 16.6 Å². The fraction of sp³-hybridized carbons (Fsp3) is 0.167. The van der Waals surface area contributed by atoms with Crippen LogP contribution in [0.25, 0.3) is 16.7 Å². The lowest BCUT2D eigenvalue weighted by Crippen LogP contribution is -1.94. The van der Waals surface area contributed by atoms with E-state index in [1.165, 1.54) is 0 Å². The molecule has 0 unspecified atom stereocenters. The first-order valence-electron chi connectivity index (χ1n) is 4.74. The Morgan fingerprint density at radius 1 is 1.33 bits per heavy atom. The van der Waals surface area contributed by atoms with Gasteiger partial charge in [-0.2, -0.15) is 5.26 Å². The maximum atomic E-state index is 9.07. The van der Waals surface area contributed by atoms with Crippen molar-refractivity contribution in [2.45, 2.75) is 13.8 Å². The molecule has 0 aliphatic heterocycles. The van der Waals surface area contributed by atoms with E-state index < -0.39 is 0 Å². The van der Waals surface area contributed by atoms with Gasteiger partial charge in [-0.05, 0) is 31.6 Å². The van der Waals surface area contributed by atoms with E-state index in [2.05, 4.69) is 11.1 Å². The number of para-hydroxylation sites is 2. The van der Waals surface area contributed by atoms with Crippen LogP contribution in [0.3, 0.4) is 0 Å². The Kier molecular flexibility index (Phi) is 2.26. The maximum Gasteiger partial charge on any atom is 0.124 e. The van der Waals surface area contributed by atoms with Gasteiger partial charge in [0.2, 0.25) is 0 Å². The molecule has 0 saturated carbocycles. The van der Waals surface area contributed by atoms with Crippen molar-refractivity contribution in [3.05, 3.63) is 36.2 Å². The molecular weight excluding hydrogens is 186 g/mol. The summed E-state index contributed by atoms with van der Waals surface area (Å²) < 4.78 is 1.82. The first-order valence-corrected chi connectivity index (χ1v) is 4.74. The van der Waals surface area contributed by atoms with Crippen molar-refractivity contribution in [3.8, 4) is 6.07 Å². The number of imidazole rings is 1. The van der Waals surface area contributed by atoms with Gasteiger partial charge < -0.3 is 0 Å². The van der Waals surface area contributed by atoms with Crippen LogP contribution < -0.4 is 0 Å². The third kappa shape index (κ3) is 1.50. The molecule has 1 aromatic heterocycles. The molecule has 0 saturated heterocycles. The van der Waals surface area contributed by atoms with E-state index in [-0.39, 0.29) is 0 Å². The molecule has 0 amide bonds. The highest BCUT2D eigenvalue weighted by molar-refractivity contribution is 5.81. The summed E-state index contributed by atoms with van der Waals surface area (Å²) in [4.78, 5) is 4.25. The molecule has 15 heavy (non-hydrogen) atoms. The van der Waals surface area contributed by atoms with Gasteiger partial charge >= 0.3 is 0 Å². The molecule has 0 radical (unpaired) electrons. The minimum Gasteiger partial charge on any atom is -0.290 e. The van der Waals surface area contributed by atoms with Gasteiger partial charge in [-0.3, -0.25) is 4.57 Å². The van der Waals surface area contributed by atoms with Crippen molar-refractivity contribution in [3.63, 3.8) is 0 Å². The van der Waals surface area contributed by atoms with Crippen LogP contribution in [0.15, 0.2) is 36.2 Å². The van der Waals surface area contributed by atoms with Crippen LogP contribution in [-0.4, -0.2) is 9.55 Å². The highest BCUT2D eigenvalue weighted by Gasteiger charge is 2.06. The average molecular weight is 197 g/mol. The van der Waals surface area contributed by atoms with Gasteiger partial charge in [-0.15, -0.1) is 0 Å². The topological polar surface area (TPSA) is 41.6 Å². The Bertz CT molecular complexity index is 566. The summed E-state index contributed by atoms with van der Waals surface area (Å²) in [6.07, 6.45) is 1.69. The van der Waals surface area contributed by atoms with Crippen LogP contribution in [0.1, 0.15) is 13.8 Å².